The van der Waals surface area contributed by atoms with E-state index >= 15 is 4.39 Å². The van der Waals surface area contributed by atoms with Gasteiger partial charge in [-0.3, -0.25) is 19.3 Å². The molecule has 1 fully saturated rings. The first-order valence-electron chi connectivity index (χ1n) is 14.5. The number of nitrogens with zero attached hydrogens (tertiary/aromatic N) is 2. The Kier molecular flexibility index (Phi) is 7.88. The summed E-state index contributed by atoms with van der Waals surface area (Å²) in [7, 11) is 6.51. The number of hydrogen-bond acceptors (Lipinski definition) is 9. The second kappa shape index (κ2) is 11.3. The Bertz CT molecular complexity index is 1670. The van der Waals surface area contributed by atoms with Crippen molar-refractivity contribution in [2.24, 2.45) is 23.2 Å². The Balaban J connectivity index is 1.43. The van der Waals surface area contributed by atoms with Gasteiger partial charge in [0.1, 0.15) is 18.0 Å². The van der Waals surface area contributed by atoms with Crippen molar-refractivity contribution < 1.29 is 37.5 Å². The fourth-order valence-corrected chi connectivity index (χ4v) is 8.18. The summed E-state index contributed by atoms with van der Waals surface area (Å²) < 4.78 is 39.0. The minimum Gasteiger partial charge on any atom is -0.470 e. The molecule has 1 aromatic heterocycles. The molecule has 44 heavy (non-hydrogen) atoms. The molecule has 0 radical (unpaired) electrons. The standard InChI is InChI=1S/C33H34BrFN2O7/c1-15-20-18(25(35)22(24(15)34)32(41-5)42-6)12-17-13-19-26(37(3)4)28-23(30(40)33(19,2)29(39)21(17)27(20)38)31(36-44-28)43-14-16-10-8-7-9-11-16/h7-11,17,19,21,26,32H,12-14H2,1-6H3. The van der Waals surface area contributed by atoms with Crippen LogP contribution >= 0.6 is 15.9 Å². The minimum absolute atomic E-state index is 0.0239. The zero-order valence-electron chi connectivity index (χ0n) is 25.4. The molecule has 0 bridgehead atoms. The van der Waals surface area contributed by atoms with Crippen LogP contribution in [0.15, 0.2) is 39.3 Å². The van der Waals surface area contributed by atoms with Crippen molar-refractivity contribution >= 4 is 33.3 Å². The third-order valence-electron chi connectivity index (χ3n) is 9.78. The number of rotatable bonds is 7. The van der Waals surface area contributed by atoms with Crippen LogP contribution in [0.1, 0.15) is 74.4 Å². The Morgan fingerprint density at radius 3 is 2.45 bits per heavy atom. The Morgan fingerprint density at radius 2 is 1.82 bits per heavy atom. The summed E-state index contributed by atoms with van der Waals surface area (Å²) in [5.41, 5.74) is 0.536. The van der Waals surface area contributed by atoms with Crippen molar-refractivity contribution in [2.45, 2.75) is 45.6 Å². The zero-order valence-corrected chi connectivity index (χ0v) is 27.0. The van der Waals surface area contributed by atoms with Gasteiger partial charge in [0.05, 0.1) is 22.9 Å². The maximum absolute atomic E-state index is 16.2. The topological polar surface area (TPSA) is 108 Å². The molecule has 232 valence electrons. The van der Waals surface area contributed by atoms with Crippen molar-refractivity contribution in [2.75, 3.05) is 28.3 Å². The molecule has 9 nitrogen and oxygen atoms in total. The number of benzene rings is 2. The highest BCUT2D eigenvalue weighted by Crippen LogP contribution is 2.59. The summed E-state index contributed by atoms with van der Waals surface area (Å²) in [6, 6.07) is 8.93. The molecule has 0 N–H and O–H groups in total. The molecule has 6 rings (SSSR count). The number of fused-ring (bicyclic) bond motifs is 4. The van der Waals surface area contributed by atoms with Gasteiger partial charge in [0.25, 0.3) is 5.88 Å². The molecule has 5 atom stereocenters. The predicted octanol–water partition coefficient (Wildman–Crippen LogP) is 5.82. The molecule has 3 aliphatic carbocycles. The van der Waals surface area contributed by atoms with Crippen molar-refractivity contribution in [3.05, 3.63) is 79.8 Å². The van der Waals surface area contributed by atoms with Gasteiger partial charge in [-0.05, 0) is 84.5 Å². The zero-order chi connectivity index (χ0) is 31.7. The lowest BCUT2D eigenvalue weighted by molar-refractivity contribution is -0.140. The third-order valence-corrected chi connectivity index (χ3v) is 10.8. The second-order valence-corrected chi connectivity index (χ2v) is 13.1. The molecular weight excluding hydrogens is 635 g/mol. The Labute approximate surface area is 263 Å². The molecule has 11 heteroatoms. The van der Waals surface area contributed by atoms with Gasteiger partial charge in [0.15, 0.2) is 29.4 Å². The van der Waals surface area contributed by atoms with Gasteiger partial charge < -0.3 is 18.7 Å². The van der Waals surface area contributed by atoms with E-state index in [0.717, 1.165) is 5.56 Å². The molecule has 3 aliphatic rings. The van der Waals surface area contributed by atoms with Crippen LogP contribution in [-0.2, 0) is 27.3 Å². The van der Waals surface area contributed by atoms with E-state index in [1.165, 1.54) is 14.2 Å². The summed E-state index contributed by atoms with van der Waals surface area (Å²) >= 11 is 3.45. The molecule has 5 unspecified atom stereocenters. The monoisotopic (exact) mass is 668 g/mol. The number of ether oxygens (including phenoxy) is 3. The summed E-state index contributed by atoms with van der Waals surface area (Å²) in [4.78, 5) is 45.1. The first-order chi connectivity index (χ1) is 21.0. The average Bonchev–Trinajstić information content (AvgIpc) is 3.42. The smallest absolute Gasteiger partial charge is 0.265 e. The number of carbonyl (C=O) groups excluding carboxylic acids is 3. The van der Waals surface area contributed by atoms with Crippen molar-refractivity contribution in [1.29, 1.82) is 0 Å². The van der Waals surface area contributed by atoms with E-state index in [1.807, 2.05) is 49.3 Å². The van der Waals surface area contributed by atoms with Crippen molar-refractivity contribution in [1.82, 2.24) is 10.1 Å². The molecule has 1 heterocycles. The van der Waals surface area contributed by atoms with Crippen LogP contribution in [0.4, 0.5) is 4.39 Å². The third kappa shape index (κ3) is 4.34. The molecular formula is C33H34BrFN2O7. The highest BCUT2D eigenvalue weighted by Gasteiger charge is 2.65. The predicted molar refractivity (Wildman–Crippen MR) is 160 cm³/mol. The van der Waals surface area contributed by atoms with Gasteiger partial charge in [0.2, 0.25) is 0 Å². The quantitative estimate of drug-likeness (QED) is 0.227. The number of hydrogen-bond donors (Lipinski definition) is 0. The molecule has 1 saturated carbocycles. The van der Waals surface area contributed by atoms with Crippen LogP contribution < -0.4 is 4.74 Å². The minimum atomic E-state index is -1.55. The van der Waals surface area contributed by atoms with E-state index in [4.69, 9.17) is 18.7 Å². The molecule has 0 saturated heterocycles. The number of carbonyl (C=O) groups is 3. The van der Waals surface area contributed by atoms with Crippen LogP contribution in [0, 0.1) is 35.9 Å². The van der Waals surface area contributed by atoms with Gasteiger partial charge in [0, 0.05) is 30.2 Å². The summed E-state index contributed by atoms with van der Waals surface area (Å²) in [5.74, 6) is -3.79. The second-order valence-electron chi connectivity index (χ2n) is 12.3. The SMILES string of the molecule is COC(OC)c1c(F)c2c(c(C)c1Br)C(=O)C1C(=O)C3(C)C(=O)c4c(OCc5ccccc5)noc4C(N(C)C)C3CC1C2. The lowest BCUT2D eigenvalue weighted by Gasteiger charge is -2.52. The molecule has 3 aromatic rings. The lowest BCUT2D eigenvalue weighted by Crippen LogP contribution is -2.60. The van der Waals surface area contributed by atoms with E-state index in [9.17, 15) is 14.4 Å². The number of aromatic nitrogens is 1. The first kappa shape index (κ1) is 30.8. The average molecular weight is 670 g/mol. The van der Waals surface area contributed by atoms with E-state index in [1.54, 1.807) is 13.8 Å². The van der Waals surface area contributed by atoms with E-state index in [2.05, 4.69) is 21.1 Å². The fourth-order valence-electron chi connectivity index (χ4n) is 7.62. The van der Waals surface area contributed by atoms with Crippen LogP contribution in [-0.4, -0.2) is 55.7 Å². The Hall–Kier alpha value is -3.25. The first-order valence-corrected chi connectivity index (χ1v) is 15.3. The highest BCUT2D eigenvalue weighted by atomic mass is 79.9. The number of halogens is 2. The molecule has 0 spiro atoms. The summed E-state index contributed by atoms with van der Waals surface area (Å²) in [6.07, 6.45) is -0.510. The summed E-state index contributed by atoms with van der Waals surface area (Å²) in [5, 5.41) is 4.12. The van der Waals surface area contributed by atoms with E-state index in [-0.39, 0.29) is 41.2 Å². The lowest BCUT2D eigenvalue weighted by atomic mass is 9.49. The van der Waals surface area contributed by atoms with Crippen LogP contribution in [0.25, 0.3) is 0 Å². The maximum atomic E-state index is 16.2. The van der Waals surface area contributed by atoms with E-state index in [0.29, 0.717) is 22.2 Å². The van der Waals surface area contributed by atoms with Gasteiger partial charge in [-0.15, -0.1) is 0 Å². The number of methoxy groups -OCH3 is 2. The largest absolute Gasteiger partial charge is 0.470 e. The normalized spacial score (nSPS) is 26.0. The van der Waals surface area contributed by atoms with Crippen LogP contribution in [0.5, 0.6) is 5.88 Å². The Morgan fingerprint density at radius 1 is 1.14 bits per heavy atom. The summed E-state index contributed by atoms with van der Waals surface area (Å²) in [6.45, 7) is 3.49. The van der Waals surface area contributed by atoms with Gasteiger partial charge in [-0.2, -0.15) is 0 Å². The van der Waals surface area contributed by atoms with Crippen LogP contribution in [0.2, 0.25) is 0 Å². The van der Waals surface area contributed by atoms with Gasteiger partial charge in [-0.25, -0.2) is 4.39 Å². The maximum Gasteiger partial charge on any atom is 0.265 e. The van der Waals surface area contributed by atoms with Gasteiger partial charge >= 0.3 is 0 Å². The van der Waals surface area contributed by atoms with E-state index < -0.39 is 58.7 Å². The van der Waals surface area contributed by atoms with Crippen molar-refractivity contribution in [3.8, 4) is 5.88 Å². The molecule has 2 aromatic carbocycles. The molecule has 0 amide bonds. The number of Topliss-reactive ketones (excluding diaryl/α,β-unsaturated/α-hetero) is 3. The van der Waals surface area contributed by atoms with Crippen molar-refractivity contribution in [3.63, 3.8) is 0 Å². The molecule has 0 aliphatic heterocycles. The van der Waals surface area contributed by atoms with Gasteiger partial charge in [-0.1, -0.05) is 30.3 Å². The number of ketones is 3. The fraction of sp³-hybridized carbons (Fsp3) is 0.455. The van der Waals surface area contributed by atoms with Crippen LogP contribution in [0.3, 0.4) is 0 Å². The highest BCUT2D eigenvalue weighted by molar-refractivity contribution is 9.10.